The zero-order chi connectivity index (χ0) is 18.2. The van der Waals surface area contributed by atoms with Crippen molar-refractivity contribution in [3.05, 3.63) is 54.2 Å². The van der Waals surface area contributed by atoms with Crippen molar-refractivity contribution in [2.75, 3.05) is 13.7 Å². The maximum atomic E-state index is 12.0. The van der Waals surface area contributed by atoms with Crippen molar-refractivity contribution in [1.29, 1.82) is 0 Å². The number of pyridine rings is 2. The molecule has 136 valence electrons. The Labute approximate surface area is 152 Å². The van der Waals surface area contributed by atoms with Crippen LogP contribution in [-0.2, 0) is 29.0 Å². The number of carbonyl (C=O) groups is 1. The first kappa shape index (κ1) is 18.0. The van der Waals surface area contributed by atoms with Gasteiger partial charge in [-0.25, -0.2) is 9.97 Å². The number of carbonyl (C=O) groups excluding carboxylic acids is 1. The quantitative estimate of drug-likeness (QED) is 0.637. The predicted molar refractivity (Wildman–Crippen MR) is 98.4 cm³/mol. The number of amides is 1. The van der Waals surface area contributed by atoms with Gasteiger partial charge < -0.3 is 14.6 Å². The van der Waals surface area contributed by atoms with Crippen LogP contribution in [0.4, 0.5) is 0 Å². The van der Waals surface area contributed by atoms with Crippen molar-refractivity contribution in [1.82, 2.24) is 24.8 Å². The molecular formula is C19H23N5O2. The van der Waals surface area contributed by atoms with Crippen molar-refractivity contribution in [2.45, 2.75) is 32.4 Å². The smallest absolute Gasteiger partial charge is 0.220 e. The fraction of sp³-hybridized carbons (Fsp3) is 0.368. The van der Waals surface area contributed by atoms with Crippen LogP contribution in [0.3, 0.4) is 0 Å². The Balaban J connectivity index is 1.54. The second-order valence-corrected chi connectivity index (χ2v) is 5.97. The average molecular weight is 353 g/mol. The fourth-order valence-corrected chi connectivity index (χ4v) is 2.80. The van der Waals surface area contributed by atoms with Gasteiger partial charge in [0.2, 0.25) is 5.91 Å². The molecule has 3 heterocycles. The molecule has 0 radical (unpaired) electrons. The van der Waals surface area contributed by atoms with E-state index in [-0.39, 0.29) is 5.91 Å². The molecule has 7 nitrogen and oxygen atoms in total. The molecule has 7 heteroatoms. The summed E-state index contributed by atoms with van der Waals surface area (Å²) < 4.78 is 7.26. The third-order valence-electron chi connectivity index (χ3n) is 4.10. The van der Waals surface area contributed by atoms with Gasteiger partial charge in [0.05, 0.1) is 18.8 Å². The Hall–Kier alpha value is -2.80. The zero-order valence-electron chi connectivity index (χ0n) is 14.9. The molecule has 0 aliphatic heterocycles. The number of hydrogen-bond donors (Lipinski definition) is 1. The van der Waals surface area contributed by atoms with Gasteiger partial charge in [-0.3, -0.25) is 9.78 Å². The highest BCUT2D eigenvalue weighted by atomic mass is 16.5. The third-order valence-corrected chi connectivity index (χ3v) is 4.10. The van der Waals surface area contributed by atoms with Crippen LogP contribution in [0.15, 0.2) is 42.7 Å². The second kappa shape index (κ2) is 9.05. The average Bonchev–Trinajstić information content (AvgIpc) is 3.03. The van der Waals surface area contributed by atoms with E-state index in [4.69, 9.17) is 4.74 Å². The van der Waals surface area contributed by atoms with Gasteiger partial charge in [-0.1, -0.05) is 6.07 Å². The SMILES string of the molecule is COCCn1c(CCCC(=O)NCc2ccccn2)nc2cccnc21. The van der Waals surface area contributed by atoms with E-state index in [1.807, 2.05) is 30.3 Å². The number of ether oxygens (including phenoxy) is 1. The lowest BCUT2D eigenvalue weighted by atomic mass is 10.2. The summed E-state index contributed by atoms with van der Waals surface area (Å²) in [6.07, 6.45) is 5.39. The van der Waals surface area contributed by atoms with Crippen molar-refractivity contribution < 1.29 is 9.53 Å². The summed E-state index contributed by atoms with van der Waals surface area (Å²) in [4.78, 5) is 25.3. The van der Waals surface area contributed by atoms with Crippen LogP contribution in [0.5, 0.6) is 0 Å². The van der Waals surface area contributed by atoms with Crippen LogP contribution in [0.1, 0.15) is 24.4 Å². The van der Waals surface area contributed by atoms with Gasteiger partial charge >= 0.3 is 0 Å². The molecule has 26 heavy (non-hydrogen) atoms. The number of aryl methyl sites for hydroxylation is 1. The molecule has 0 atom stereocenters. The van der Waals surface area contributed by atoms with E-state index in [0.29, 0.717) is 26.1 Å². The lowest BCUT2D eigenvalue weighted by Crippen LogP contribution is -2.23. The van der Waals surface area contributed by atoms with E-state index in [0.717, 1.165) is 35.5 Å². The monoisotopic (exact) mass is 353 g/mol. The summed E-state index contributed by atoms with van der Waals surface area (Å²) in [5, 5.41) is 2.90. The Kier molecular flexibility index (Phi) is 6.27. The summed E-state index contributed by atoms with van der Waals surface area (Å²) in [6, 6.07) is 9.49. The Bertz CT molecular complexity index is 848. The van der Waals surface area contributed by atoms with E-state index in [9.17, 15) is 4.79 Å². The first-order valence-electron chi connectivity index (χ1n) is 8.73. The van der Waals surface area contributed by atoms with Gasteiger partial charge in [0.15, 0.2) is 5.65 Å². The first-order chi connectivity index (χ1) is 12.8. The highest BCUT2D eigenvalue weighted by molar-refractivity contribution is 5.75. The first-order valence-corrected chi connectivity index (χ1v) is 8.73. The van der Waals surface area contributed by atoms with Gasteiger partial charge in [-0.05, 0) is 30.7 Å². The van der Waals surface area contributed by atoms with Gasteiger partial charge in [-0.2, -0.15) is 0 Å². The molecule has 0 saturated carbocycles. The molecule has 0 aliphatic carbocycles. The van der Waals surface area contributed by atoms with Crippen molar-refractivity contribution in [3.8, 4) is 0 Å². The standard InChI is InChI=1S/C19H23N5O2/c1-26-13-12-24-17(23-16-7-5-11-21-19(16)24)8-4-9-18(25)22-14-15-6-2-3-10-20-15/h2-3,5-7,10-11H,4,8-9,12-14H2,1H3,(H,22,25). The topological polar surface area (TPSA) is 81.9 Å². The number of aromatic nitrogens is 4. The molecule has 0 spiro atoms. The van der Waals surface area contributed by atoms with E-state index in [1.165, 1.54) is 0 Å². The van der Waals surface area contributed by atoms with E-state index < -0.39 is 0 Å². The number of fused-ring (bicyclic) bond motifs is 1. The van der Waals surface area contributed by atoms with Crippen LogP contribution in [0, 0.1) is 0 Å². The number of nitrogens with one attached hydrogen (secondary N) is 1. The highest BCUT2D eigenvalue weighted by Gasteiger charge is 2.12. The number of methoxy groups -OCH3 is 1. The molecule has 0 unspecified atom stereocenters. The molecule has 3 rings (SSSR count). The number of hydrogen-bond acceptors (Lipinski definition) is 5. The molecule has 1 amide bonds. The van der Waals surface area contributed by atoms with Crippen LogP contribution < -0.4 is 5.32 Å². The molecule has 0 saturated heterocycles. The highest BCUT2D eigenvalue weighted by Crippen LogP contribution is 2.15. The Morgan fingerprint density at radius 1 is 1.19 bits per heavy atom. The summed E-state index contributed by atoms with van der Waals surface area (Å²) in [7, 11) is 1.68. The van der Waals surface area contributed by atoms with Crippen molar-refractivity contribution in [3.63, 3.8) is 0 Å². The maximum absolute atomic E-state index is 12.0. The van der Waals surface area contributed by atoms with Gasteiger partial charge in [0.1, 0.15) is 11.3 Å². The number of rotatable bonds is 9. The molecule has 3 aromatic heterocycles. The van der Waals surface area contributed by atoms with Crippen LogP contribution in [0.2, 0.25) is 0 Å². The Morgan fingerprint density at radius 2 is 2.08 bits per heavy atom. The van der Waals surface area contributed by atoms with Gasteiger partial charge in [0, 0.05) is 38.9 Å². The molecule has 0 aliphatic rings. The normalized spacial score (nSPS) is 11.0. The zero-order valence-corrected chi connectivity index (χ0v) is 14.9. The molecular weight excluding hydrogens is 330 g/mol. The summed E-state index contributed by atoms with van der Waals surface area (Å²) in [6.45, 7) is 1.75. The van der Waals surface area contributed by atoms with E-state index in [1.54, 1.807) is 19.5 Å². The van der Waals surface area contributed by atoms with Crippen LogP contribution in [0.25, 0.3) is 11.2 Å². The van der Waals surface area contributed by atoms with E-state index >= 15 is 0 Å². The maximum Gasteiger partial charge on any atom is 0.220 e. The minimum absolute atomic E-state index is 0.0216. The van der Waals surface area contributed by atoms with E-state index in [2.05, 4.69) is 24.8 Å². The van der Waals surface area contributed by atoms with Crippen molar-refractivity contribution >= 4 is 17.1 Å². The summed E-state index contributed by atoms with van der Waals surface area (Å²) in [5.41, 5.74) is 2.59. The van der Waals surface area contributed by atoms with Crippen LogP contribution >= 0.6 is 0 Å². The summed E-state index contributed by atoms with van der Waals surface area (Å²) in [5.74, 6) is 0.960. The minimum Gasteiger partial charge on any atom is -0.383 e. The minimum atomic E-state index is 0.0216. The van der Waals surface area contributed by atoms with Crippen molar-refractivity contribution in [2.24, 2.45) is 0 Å². The van der Waals surface area contributed by atoms with Gasteiger partial charge in [0.25, 0.3) is 0 Å². The fourth-order valence-electron chi connectivity index (χ4n) is 2.80. The molecule has 0 bridgehead atoms. The second-order valence-electron chi connectivity index (χ2n) is 5.97. The number of imidazole rings is 1. The predicted octanol–water partition coefficient (Wildman–Crippen LogP) is 2.11. The van der Waals surface area contributed by atoms with Crippen LogP contribution in [-0.4, -0.2) is 39.1 Å². The Morgan fingerprint density at radius 3 is 2.88 bits per heavy atom. The largest absolute Gasteiger partial charge is 0.383 e. The summed E-state index contributed by atoms with van der Waals surface area (Å²) >= 11 is 0. The molecule has 3 aromatic rings. The lowest BCUT2D eigenvalue weighted by molar-refractivity contribution is -0.121. The van der Waals surface area contributed by atoms with Gasteiger partial charge in [-0.15, -0.1) is 0 Å². The molecule has 0 aromatic carbocycles. The number of nitrogens with zero attached hydrogens (tertiary/aromatic N) is 4. The third kappa shape index (κ3) is 4.64. The lowest BCUT2D eigenvalue weighted by Gasteiger charge is -2.08. The molecule has 0 fully saturated rings. The molecule has 1 N–H and O–H groups in total.